The van der Waals surface area contributed by atoms with Gasteiger partial charge in [0.1, 0.15) is 0 Å². The van der Waals surface area contributed by atoms with Crippen LogP contribution in [-0.4, -0.2) is 24.5 Å². The quantitative estimate of drug-likeness (QED) is 0.854. The van der Waals surface area contributed by atoms with E-state index in [-0.39, 0.29) is 0 Å². The number of hydrogen-bond acceptors (Lipinski definition) is 3. The van der Waals surface area contributed by atoms with Crippen molar-refractivity contribution in [2.24, 2.45) is 11.5 Å². The Labute approximate surface area is 135 Å². The van der Waals surface area contributed by atoms with Crippen molar-refractivity contribution < 1.29 is 4.79 Å². The lowest BCUT2D eigenvalue weighted by Gasteiger charge is -2.38. The van der Waals surface area contributed by atoms with Gasteiger partial charge in [0.25, 0.3) is 0 Å². The highest BCUT2D eigenvalue weighted by Gasteiger charge is 2.25. The maximum Gasteiger partial charge on any atom is 0.248 e. The standard InChI is InChI=1S/C16H24BrN3O/c1-2-9-20(13-6-4-12(18)5-7-13)15-8-3-11(16(19)21)10-14(15)17/h3,8,10,12-13H,2,4-7,9,18H2,1H3,(H2,19,21). The number of hydrogen-bond donors (Lipinski definition) is 2. The van der Waals surface area contributed by atoms with Crippen LogP contribution < -0.4 is 16.4 Å². The zero-order valence-corrected chi connectivity index (χ0v) is 14.1. The molecule has 0 aliphatic heterocycles. The second-order valence-corrected chi connectivity index (χ2v) is 6.65. The number of benzene rings is 1. The molecule has 0 saturated heterocycles. The number of rotatable bonds is 5. The topological polar surface area (TPSA) is 72.3 Å². The van der Waals surface area contributed by atoms with Crippen LogP contribution in [-0.2, 0) is 0 Å². The number of primary amides is 1. The van der Waals surface area contributed by atoms with Gasteiger partial charge in [0.05, 0.1) is 5.69 Å². The average Bonchev–Trinajstić information content (AvgIpc) is 2.46. The molecule has 1 amide bonds. The molecular formula is C16H24BrN3O. The van der Waals surface area contributed by atoms with Crippen LogP contribution in [0.3, 0.4) is 0 Å². The molecule has 0 aromatic heterocycles. The van der Waals surface area contributed by atoms with Gasteiger partial charge >= 0.3 is 0 Å². The van der Waals surface area contributed by atoms with Gasteiger partial charge in [0.15, 0.2) is 0 Å². The van der Waals surface area contributed by atoms with E-state index in [0.717, 1.165) is 48.8 Å². The minimum atomic E-state index is -0.395. The van der Waals surface area contributed by atoms with E-state index in [9.17, 15) is 4.79 Å². The second-order valence-electron chi connectivity index (χ2n) is 5.79. The number of nitrogens with two attached hydrogens (primary N) is 2. The fraction of sp³-hybridized carbons (Fsp3) is 0.562. The smallest absolute Gasteiger partial charge is 0.248 e. The monoisotopic (exact) mass is 353 g/mol. The zero-order valence-electron chi connectivity index (χ0n) is 12.5. The Hall–Kier alpha value is -1.07. The third kappa shape index (κ3) is 3.98. The Balaban J connectivity index is 2.23. The first-order chi connectivity index (χ1) is 10.0. The van der Waals surface area contributed by atoms with Crippen molar-refractivity contribution in [1.82, 2.24) is 0 Å². The normalized spacial score (nSPS) is 22.0. The Kier molecular flexibility index (Phi) is 5.65. The predicted molar refractivity (Wildman–Crippen MR) is 90.5 cm³/mol. The lowest BCUT2D eigenvalue weighted by Crippen LogP contribution is -2.41. The maximum absolute atomic E-state index is 11.3. The molecule has 0 radical (unpaired) electrons. The van der Waals surface area contributed by atoms with Crippen LogP contribution in [0.2, 0.25) is 0 Å². The first kappa shape index (κ1) is 16.3. The zero-order chi connectivity index (χ0) is 15.4. The van der Waals surface area contributed by atoms with Crippen molar-refractivity contribution in [2.45, 2.75) is 51.1 Å². The average molecular weight is 354 g/mol. The summed E-state index contributed by atoms with van der Waals surface area (Å²) in [6.07, 6.45) is 5.52. The van der Waals surface area contributed by atoms with Gasteiger partial charge in [0, 0.05) is 28.7 Å². The number of amides is 1. The van der Waals surface area contributed by atoms with Crippen LogP contribution >= 0.6 is 15.9 Å². The summed E-state index contributed by atoms with van der Waals surface area (Å²) in [5, 5.41) is 0. The van der Waals surface area contributed by atoms with Gasteiger partial charge in [-0.05, 0) is 66.2 Å². The summed E-state index contributed by atoms with van der Waals surface area (Å²) < 4.78 is 0.933. The molecule has 2 rings (SSSR count). The lowest BCUT2D eigenvalue weighted by molar-refractivity contribution is 0.100. The summed E-state index contributed by atoms with van der Waals surface area (Å²) in [7, 11) is 0. The van der Waals surface area contributed by atoms with E-state index in [4.69, 9.17) is 11.5 Å². The number of nitrogens with zero attached hydrogens (tertiary/aromatic N) is 1. The molecule has 1 fully saturated rings. The van der Waals surface area contributed by atoms with Crippen molar-refractivity contribution in [1.29, 1.82) is 0 Å². The van der Waals surface area contributed by atoms with Gasteiger partial charge in [-0.25, -0.2) is 0 Å². The minimum Gasteiger partial charge on any atom is -0.368 e. The molecule has 1 aromatic rings. The third-order valence-electron chi connectivity index (χ3n) is 4.19. The van der Waals surface area contributed by atoms with Crippen molar-refractivity contribution in [3.05, 3.63) is 28.2 Å². The molecule has 0 atom stereocenters. The Morgan fingerprint density at radius 1 is 1.33 bits per heavy atom. The van der Waals surface area contributed by atoms with Gasteiger partial charge in [-0.1, -0.05) is 6.92 Å². The van der Waals surface area contributed by atoms with Crippen LogP contribution in [0.5, 0.6) is 0 Å². The number of carbonyl (C=O) groups excluding carboxylic acids is 1. The molecule has 1 aliphatic carbocycles. The Morgan fingerprint density at radius 3 is 2.52 bits per heavy atom. The summed E-state index contributed by atoms with van der Waals surface area (Å²) in [6.45, 7) is 3.20. The first-order valence-electron chi connectivity index (χ1n) is 7.64. The minimum absolute atomic E-state index is 0.352. The summed E-state index contributed by atoms with van der Waals surface area (Å²) in [6, 6.07) is 6.49. The fourth-order valence-electron chi connectivity index (χ4n) is 3.05. The highest BCUT2D eigenvalue weighted by Crippen LogP contribution is 2.33. The predicted octanol–water partition coefficient (Wildman–Crippen LogP) is 3.03. The summed E-state index contributed by atoms with van der Waals surface area (Å²) in [4.78, 5) is 13.7. The summed E-state index contributed by atoms with van der Waals surface area (Å²) in [5.74, 6) is -0.395. The molecule has 5 heteroatoms. The van der Waals surface area contributed by atoms with Crippen molar-refractivity contribution in [3.63, 3.8) is 0 Å². The van der Waals surface area contributed by atoms with Gasteiger partial charge < -0.3 is 16.4 Å². The molecule has 0 unspecified atom stereocenters. The second kappa shape index (κ2) is 7.27. The number of carbonyl (C=O) groups is 1. The fourth-order valence-corrected chi connectivity index (χ4v) is 3.65. The molecule has 21 heavy (non-hydrogen) atoms. The molecule has 0 heterocycles. The van der Waals surface area contributed by atoms with E-state index in [1.165, 1.54) is 0 Å². The first-order valence-corrected chi connectivity index (χ1v) is 8.43. The lowest BCUT2D eigenvalue weighted by atomic mass is 9.90. The highest BCUT2D eigenvalue weighted by molar-refractivity contribution is 9.10. The van der Waals surface area contributed by atoms with Crippen LogP contribution in [0.15, 0.2) is 22.7 Å². The van der Waals surface area contributed by atoms with Crippen molar-refractivity contribution in [2.75, 3.05) is 11.4 Å². The largest absolute Gasteiger partial charge is 0.368 e. The number of anilines is 1. The van der Waals surface area contributed by atoms with E-state index in [1.807, 2.05) is 12.1 Å². The van der Waals surface area contributed by atoms with Crippen LogP contribution in [0.1, 0.15) is 49.4 Å². The van der Waals surface area contributed by atoms with Gasteiger partial charge in [0.2, 0.25) is 5.91 Å². The number of halogens is 1. The SMILES string of the molecule is CCCN(c1ccc(C(N)=O)cc1Br)C1CCC(N)CC1. The molecule has 4 nitrogen and oxygen atoms in total. The van der Waals surface area contributed by atoms with Crippen molar-refractivity contribution >= 4 is 27.5 Å². The molecule has 116 valence electrons. The third-order valence-corrected chi connectivity index (χ3v) is 4.82. The van der Waals surface area contributed by atoms with E-state index in [2.05, 4.69) is 27.8 Å². The molecule has 0 bridgehead atoms. The Morgan fingerprint density at radius 2 is 2.00 bits per heavy atom. The van der Waals surface area contributed by atoms with E-state index in [0.29, 0.717) is 17.6 Å². The summed E-state index contributed by atoms with van der Waals surface area (Å²) >= 11 is 3.59. The van der Waals surface area contributed by atoms with Crippen LogP contribution in [0.4, 0.5) is 5.69 Å². The molecule has 1 aliphatic rings. The van der Waals surface area contributed by atoms with E-state index >= 15 is 0 Å². The molecule has 4 N–H and O–H groups in total. The van der Waals surface area contributed by atoms with Crippen LogP contribution in [0, 0.1) is 0 Å². The van der Waals surface area contributed by atoms with E-state index in [1.54, 1.807) is 6.07 Å². The van der Waals surface area contributed by atoms with Gasteiger partial charge in [-0.2, -0.15) is 0 Å². The molecular weight excluding hydrogens is 330 g/mol. The molecule has 1 aromatic carbocycles. The van der Waals surface area contributed by atoms with Gasteiger partial charge in [-0.3, -0.25) is 4.79 Å². The summed E-state index contributed by atoms with van der Waals surface area (Å²) in [5.41, 5.74) is 13.0. The molecule has 1 saturated carbocycles. The maximum atomic E-state index is 11.3. The highest BCUT2D eigenvalue weighted by atomic mass is 79.9. The van der Waals surface area contributed by atoms with Crippen molar-refractivity contribution in [3.8, 4) is 0 Å². The Bertz CT molecular complexity index is 498. The van der Waals surface area contributed by atoms with Gasteiger partial charge in [-0.15, -0.1) is 0 Å². The van der Waals surface area contributed by atoms with Crippen LogP contribution in [0.25, 0.3) is 0 Å². The van der Waals surface area contributed by atoms with E-state index < -0.39 is 5.91 Å². The molecule has 0 spiro atoms.